The van der Waals surface area contributed by atoms with Gasteiger partial charge in [-0.05, 0) is 68.3 Å². The smallest absolute Gasteiger partial charge is 0.273 e. The molecule has 3 aromatic rings. The quantitative estimate of drug-likeness (QED) is 0.422. The van der Waals surface area contributed by atoms with Gasteiger partial charge < -0.3 is 25.2 Å². The molecule has 3 heterocycles. The Balaban J connectivity index is 1.29. The van der Waals surface area contributed by atoms with Gasteiger partial charge in [-0.15, -0.1) is 0 Å². The van der Waals surface area contributed by atoms with Crippen molar-refractivity contribution in [2.45, 2.75) is 56.7 Å². The summed E-state index contributed by atoms with van der Waals surface area (Å²) in [5.74, 6) is 0.609. The van der Waals surface area contributed by atoms with E-state index in [1.165, 1.54) is 30.7 Å². The molecule has 2 amide bonds. The SMILES string of the molecule is CC(NC(=O)c1ccon1)C(Oc1ccc(C(=O)N[C@H]2CCCNC2)nc1)c1ccc(C2CC2)cc1. The monoisotopic (exact) mass is 489 g/mol. The summed E-state index contributed by atoms with van der Waals surface area (Å²) in [7, 11) is 0. The first-order valence-electron chi connectivity index (χ1n) is 12.5. The largest absolute Gasteiger partial charge is 0.482 e. The molecule has 2 aromatic heterocycles. The summed E-state index contributed by atoms with van der Waals surface area (Å²) in [5.41, 5.74) is 2.79. The van der Waals surface area contributed by atoms with Gasteiger partial charge in [0.25, 0.3) is 11.8 Å². The van der Waals surface area contributed by atoms with Crippen molar-refractivity contribution >= 4 is 11.8 Å². The molecule has 1 saturated heterocycles. The first-order chi connectivity index (χ1) is 17.6. The van der Waals surface area contributed by atoms with Gasteiger partial charge in [0.2, 0.25) is 0 Å². The third-order valence-corrected chi connectivity index (χ3v) is 6.66. The van der Waals surface area contributed by atoms with E-state index in [0.717, 1.165) is 31.5 Å². The summed E-state index contributed by atoms with van der Waals surface area (Å²) in [6.45, 7) is 3.63. The maximum Gasteiger partial charge on any atom is 0.273 e. The van der Waals surface area contributed by atoms with Crippen molar-refractivity contribution in [2.75, 3.05) is 13.1 Å². The number of nitrogens with one attached hydrogen (secondary N) is 3. The van der Waals surface area contributed by atoms with Crippen LogP contribution in [0.5, 0.6) is 5.75 Å². The molecule has 2 fully saturated rings. The molecule has 1 aliphatic carbocycles. The van der Waals surface area contributed by atoms with Gasteiger partial charge in [-0.25, -0.2) is 4.98 Å². The second-order valence-corrected chi connectivity index (χ2v) is 9.52. The maximum absolute atomic E-state index is 12.6. The van der Waals surface area contributed by atoms with Crippen molar-refractivity contribution in [3.05, 3.63) is 77.4 Å². The molecule has 1 aliphatic heterocycles. The van der Waals surface area contributed by atoms with E-state index in [2.05, 4.69) is 38.2 Å². The number of carbonyl (C=O) groups excluding carboxylic acids is 2. The average molecular weight is 490 g/mol. The number of benzene rings is 1. The topological polar surface area (TPSA) is 118 Å². The standard InChI is InChI=1S/C27H31N5O4/c1-17(30-27(34)24-12-14-35-32-24)25(20-8-6-19(7-9-20)18-4-5-18)36-22-10-11-23(29-16-22)26(33)31-21-3-2-13-28-15-21/h6-12,14,16-18,21,25,28H,2-5,13,15H2,1H3,(H,30,34)(H,31,33)/t17?,21-,25?/m0/s1. The third kappa shape index (κ3) is 5.91. The van der Waals surface area contributed by atoms with E-state index in [4.69, 9.17) is 9.26 Å². The molecule has 1 saturated carbocycles. The first-order valence-corrected chi connectivity index (χ1v) is 12.5. The van der Waals surface area contributed by atoms with Gasteiger partial charge in [-0.2, -0.15) is 0 Å². The third-order valence-electron chi connectivity index (χ3n) is 6.66. The van der Waals surface area contributed by atoms with E-state index in [9.17, 15) is 9.59 Å². The Morgan fingerprint density at radius 2 is 1.89 bits per heavy atom. The van der Waals surface area contributed by atoms with Gasteiger partial charge in [0.05, 0.1) is 12.2 Å². The fraction of sp³-hybridized carbons (Fsp3) is 0.407. The van der Waals surface area contributed by atoms with E-state index in [0.29, 0.717) is 17.4 Å². The summed E-state index contributed by atoms with van der Waals surface area (Å²) >= 11 is 0. The molecule has 9 heteroatoms. The molecule has 3 N–H and O–H groups in total. The number of aromatic nitrogens is 2. The molecule has 2 aliphatic rings. The zero-order chi connectivity index (χ0) is 24.9. The number of hydrogen-bond acceptors (Lipinski definition) is 7. The molecule has 2 unspecified atom stereocenters. The summed E-state index contributed by atoms with van der Waals surface area (Å²) in [4.78, 5) is 29.5. The molecule has 1 aromatic carbocycles. The Morgan fingerprint density at radius 3 is 2.53 bits per heavy atom. The molecular formula is C27H31N5O4. The first kappa shape index (κ1) is 24.0. The number of nitrogens with zero attached hydrogens (tertiary/aromatic N) is 2. The predicted octanol–water partition coefficient (Wildman–Crippen LogP) is 3.37. The predicted molar refractivity (Wildman–Crippen MR) is 133 cm³/mol. The number of ether oxygens (including phenoxy) is 1. The second kappa shape index (κ2) is 10.9. The van der Waals surface area contributed by atoms with Crippen LogP contribution in [0.25, 0.3) is 0 Å². The fourth-order valence-corrected chi connectivity index (χ4v) is 4.48. The zero-order valence-corrected chi connectivity index (χ0v) is 20.3. The van der Waals surface area contributed by atoms with Crippen molar-refractivity contribution in [3.8, 4) is 5.75 Å². The van der Waals surface area contributed by atoms with Crippen molar-refractivity contribution in [1.82, 2.24) is 26.1 Å². The molecule has 9 nitrogen and oxygen atoms in total. The lowest BCUT2D eigenvalue weighted by Gasteiger charge is -2.26. The van der Waals surface area contributed by atoms with Gasteiger partial charge >= 0.3 is 0 Å². The highest BCUT2D eigenvalue weighted by Crippen LogP contribution is 2.40. The van der Waals surface area contributed by atoms with Crippen LogP contribution in [-0.2, 0) is 0 Å². The van der Waals surface area contributed by atoms with Crippen molar-refractivity contribution in [3.63, 3.8) is 0 Å². The minimum absolute atomic E-state index is 0.112. The van der Waals surface area contributed by atoms with Crippen LogP contribution in [0.15, 0.2) is 59.4 Å². The van der Waals surface area contributed by atoms with Gasteiger partial charge in [-0.1, -0.05) is 29.4 Å². The Kier molecular flexibility index (Phi) is 7.27. The molecule has 188 valence electrons. The van der Waals surface area contributed by atoms with Crippen LogP contribution in [0, 0.1) is 0 Å². The molecule has 0 bridgehead atoms. The van der Waals surface area contributed by atoms with E-state index in [-0.39, 0.29) is 29.6 Å². The Hall–Kier alpha value is -3.72. The molecule has 3 atom stereocenters. The zero-order valence-electron chi connectivity index (χ0n) is 20.3. The highest BCUT2D eigenvalue weighted by molar-refractivity contribution is 5.92. The highest BCUT2D eigenvalue weighted by Gasteiger charge is 2.27. The molecule has 36 heavy (non-hydrogen) atoms. The van der Waals surface area contributed by atoms with Crippen LogP contribution in [-0.4, -0.2) is 47.1 Å². The fourth-order valence-electron chi connectivity index (χ4n) is 4.48. The molecule has 0 spiro atoms. The van der Waals surface area contributed by atoms with Crippen LogP contribution in [0.4, 0.5) is 0 Å². The number of rotatable bonds is 9. The summed E-state index contributed by atoms with van der Waals surface area (Å²) in [6.07, 6.45) is 6.88. The van der Waals surface area contributed by atoms with Gasteiger partial charge in [0, 0.05) is 18.7 Å². The van der Waals surface area contributed by atoms with E-state index >= 15 is 0 Å². The van der Waals surface area contributed by atoms with Crippen LogP contribution in [0.3, 0.4) is 0 Å². The van der Waals surface area contributed by atoms with Crippen LogP contribution < -0.4 is 20.7 Å². The second-order valence-electron chi connectivity index (χ2n) is 9.52. The van der Waals surface area contributed by atoms with Gasteiger partial charge in [-0.3, -0.25) is 9.59 Å². The summed E-state index contributed by atoms with van der Waals surface area (Å²) < 4.78 is 11.1. The average Bonchev–Trinajstić information content (AvgIpc) is 3.61. The summed E-state index contributed by atoms with van der Waals surface area (Å²) in [5, 5.41) is 13.0. The highest BCUT2D eigenvalue weighted by atomic mass is 16.5. The molecule has 0 radical (unpaired) electrons. The van der Waals surface area contributed by atoms with Crippen LogP contribution in [0.2, 0.25) is 0 Å². The lowest BCUT2D eigenvalue weighted by Crippen LogP contribution is -2.45. The number of carbonyl (C=O) groups is 2. The molecule has 5 rings (SSSR count). The minimum atomic E-state index is -0.483. The van der Waals surface area contributed by atoms with Gasteiger partial charge in [0.1, 0.15) is 23.8 Å². The summed E-state index contributed by atoms with van der Waals surface area (Å²) in [6, 6.07) is 13.0. The Labute approximate surface area is 210 Å². The number of piperidine rings is 1. The van der Waals surface area contributed by atoms with Crippen molar-refractivity contribution in [1.29, 1.82) is 0 Å². The molecular weight excluding hydrogens is 458 g/mol. The van der Waals surface area contributed by atoms with Crippen molar-refractivity contribution in [2.24, 2.45) is 0 Å². The lowest BCUT2D eigenvalue weighted by molar-refractivity contribution is 0.0870. The minimum Gasteiger partial charge on any atom is -0.482 e. The van der Waals surface area contributed by atoms with E-state index < -0.39 is 6.10 Å². The maximum atomic E-state index is 12.6. The Morgan fingerprint density at radius 1 is 1.06 bits per heavy atom. The van der Waals surface area contributed by atoms with E-state index in [1.54, 1.807) is 18.3 Å². The number of hydrogen-bond donors (Lipinski definition) is 3. The van der Waals surface area contributed by atoms with Crippen LogP contribution in [0.1, 0.15) is 76.7 Å². The van der Waals surface area contributed by atoms with Crippen LogP contribution >= 0.6 is 0 Å². The Bertz CT molecular complexity index is 1150. The number of pyridine rings is 1. The number of amides is 2. The normalized spacial score (nSPS) is 19.2. The van der Waals surface area contributed by atoms with Crippen molar-refractivity contribution < 1.29 is 18.8 Å². The van der Waals surface area contributed by atoms with Gasteiger partial charge in [0.15, 0.2) is 5.69 Å². The lowest BCUT2D eigenvalue weighted by atomic mass is 10.00. The van der Waals surface area contributed by atoms with E-state index in [1.807, 2.05) is 19.1 Å².